The van der Waals surface area contributed by atoms with Gasteiger partial charge in [-0.3, -0.25) is 4.79 Å². The van der Waals surface area contributed by atoms with Gasteiger partial charge in [-0.25, -0.2) is 0 Å². The number of fused-ring (bicyclic) bond motifs is 1. The summed E-state index contributed by atoms with van der Waals surface area (Å²) in [5.41, 5.74) is 2.21. The predicted molar refractivity (Wildman–Crippen MR) is 73.8 cm³/mol. The first-order valence-electron chi connectivity index (χ1n) is 6.76. The minimum absolute atomic E-state index is 0.263. The van der Waals surface area contributed by atoms with Gasteiger partial charge < -0.3 is 4.57 Å². The van der Waals surface area contributed by atoms with E-state index in [9.17, 15) is 4.79 Å². The van der Waals surface area contributed by atoms with Gasteiger partial charge in [-0.2, -0.15) is 5.26 Å². The maximum atomic E-state index is 11.6. The molecule has 3 rings (SSSR count). The standard InChI is InChI=1S/C16H16N2O/c17-9-8-12-11-18(13-4-3-5-14(19)10-13)16-7-2-1-6-15(12)16/h1-2,6-7,11,13H,3-5,8,10H2. The zero-order valence-electron chi connectivity index (χ0n) is 10.8. The van der Waals surface area contributed by atoms with Crippen LogP contribution in [0.4, 0.5) is 0 Å². The fraction of sp³-hybridized carbons (Fsp3) is 0.375. The number of Topliss-reactive ketones (excluding diaryl/α,β-unsaturated/α-hetero) is 1. The zero-order valence-corrected chi connectivity index (χ0v) is 10.8. The maximum absolute atomic E-state index is 11.6. The maximum Gasteiger partial charge on any atom is 0.134 e. The van der Waals surface area contributed by atoms with Crippen molar-refractivity contribution in [2.75, 3.05) is 0 Å². The van der Waals surface area contributed by atoms with Crippen LogP contribution in [0.25, 0.3) is 10.9 Å². The van der Waals surface area contributed by atoms with Gasteiger partial charge in [-0.05, 0) is 24.5 Å². The number of para-hydroxylation sites is 1. The molecule has 0 saturated heterocycles. The van der Waals surface area contributed by atoms with Gasteiger partial charge in [-0.1, -0.05) is 18.2 Å². The Hall–Kier alpha value is -2.08. The molecule has 1 unspecified atom stereocenters. The fourth-order valence-corrected chi connectivity index (χ4v) is 3.04. The monoisotopic (exact) mass is 252 g/mol. The molecule has 2 aromatic rings. The summed E-state index contributed by atoms with van der Waals surface area (Å²) >= 11 is 0. The summed E-state index contributed by atoms with van der Waals surface area (Å²) in [5.74, 6) is 0.357. The molecule has 1 aliphatic rings. The number of carbonyl (C=O) groups excluding carboxylic acids is 1. The van der Waals surface area contributed by atoms with Crippen molar-refractivity contribution in [3.8, 4) is 6.07 Å². The molecule has 0 amide bonds. The lowest BCUT2D eigenvalue weighted by molar-refractivity contribution is -0.121. The Kier molecular flexibility index (Phi) is 3.08. The summed E-state index contributed by atoms with van der Waals surface area (Å²) in [7, 11) is 0. The SMILES string of the molecule is N#CCc1cn(C2CCCC(=O)C2)c2ccccc12. The summed E-state index contributed by atoms with van der Waals surface area (Å²) in [6.45, 7) is 0. The average Bonchev–Trinajstić information content (AvgIpc) is 2.79. The minimum Gasteiger partial charge on any atom is -0.344 e. The number of hydrogen-bond acceptors (Lipinski definition) is 2. The Labute approximate surface area is 112 Å². The van der Waals surface area contributed by atoms with E-state index in [-0.39, 0.29) is 6.04 Å². The van der Waals surface area contributed by atoms with Crippen LogP contribution in [0.15, 0.2) is 30.5 Å². The smallest absolute Gasteiger partial charge is 0.134 e. The quantitative estimate of drug-likeness (QED) is 0.822. The van der Waals surface area contributed by atoms with Crippen molar-refractivity contribution in [3.05, 3.63) is 36.0 Å². The third-order valence-electron chi connectivity index (χ3n) is 3.94. The first-order valence-corrected chi connectivity index (χ1v) is 6.76. The molecule has 0 N–H and O–H groups in total. The van der Waals surface area contributed by atoms with Gasteiger partial charge in [0.05, 0.1) is 12.5 Å². The Balaban J connectivity index is 2.08. The van der Waals surface area contributed by atoms with E-state index in [1.54, 1.807) is 0 Å². The highest BCUT2D eigenvalue weighted by Crippen LogP contribution is 2.32. The van der Waals surface area contributed by atoms with Crippen LogP contribution in [-0.4, -0.2) is 10.4 Å². The van der Waals surface area contributed by atoms with Crippen LogP contribution < -0.4 is 0 Å². The topological polar surface area (TPSA) is 45.8 Å². The van der Waals surface area contributed by atoms with Crippen LogP contribution in [0.3, 0.4) is 0 Å². The first-order chi connectivity index (χ1) is 9.29. The number of benzene rings is 1. The van der Waals surface area contributed by atoms with Gasteiger partial charge in [0, 0.05) is 36.0 Å². The third-order valence-corrected chi connectivity index (χ3v) is 3.94. The first kappa shape index (κ1) is 12.0. The Morgan fingerprint density at radius 1 is 1.37 bits per heavy atom. The van der Waals surface area contributed by atoms with E-state index >= 15 is 0 Å². The second-order valence-corrected chi connectivity index (χ2v) is 5.20. The summed E-state index contributed by atoms with van der Waals surface area (Å²) in [4.78, 5) is 11.6. The molecular formula is C16H16N2O. The molecule has 0 radical (unpaired) electrons. The molecule has 3 heteroatoms. The average molecular weight is 252 g/mol. The van der Waals surface area contributed by atoms with Crippen LogP contribution >= 0.6 is 0 Å². The number of carbonyl (C=O) groups is 1. The van der Waals surface area contributed by atoms with Crippen molar-refractivity contribution in [3.63, 3.8) is 0 Å². The molecule has 1 atom stereocenters. The highest BCUT2D eigenvalue weighted by Gasteiger charge is 2.22. The number of hydrogen-bond donors (Lipinski definition) is 0. The van der Waals surface area contributed by atoms with Crippen molar-refractivity contribution in [2.24, 2.45) is 0 Å². The summed E-state index contributed by atoms with van der Waals surface area (Å²) in [6, 6.07) is 10.6. The van der Waals surface area contributed by atoms with Crippen molar-refractivity contribution in [1.29, 1.82) is 5.26 Å². The summed E-state index contributed by atoms with van der Waals surface area (Å²) in [6.07, 6.45) is 5.87. The number of nitrogens with zero attached hydrogens (tertiary/aromatic N) is 2. The second-order valence-electron chi connectivity index (χ2n) is 5.20. The molecule has 1 fully saturated rings. The van der Waals surface area contributed by atoms with E-state index in [1.165, 1.54) is 0 Å². The zero-order chi connectivity index (χ0) is 13.2. The third kappa shape index (κ3) is 2.15. The highest BCUT2D eigenvalue weighted by atomic mass is 16.1. The Bertz CT molecular complexity index is 663. The van der Waals surface area contributed by atoms with E-state index in [0.717, 1.165) is 35.7 Å². The van der Waals surface area contributed by atoms with Gasteiger partial charge in [0.15, 0.2) is 0 Å². The number of nitriles is 1. The molecule has 1 aromatic heterocycles. The Morgan fingerprint density at radius 2 is 2.21 bits per heavy atom. The molecule has 96 valence electrons. The van der Waals surface area contributed by atoms with Gasteiger partial charge in [0.1, 0.15) is 5.78 Å². The molecule has 1 aliphatic carbocycles. The number of aromatic nitrogens is 1. The highest BCUT2D eigenvalue weighted by molar-refractivity contribution is 5.85. The van der Waals surface area contributed by atoms with Crippen molar-refractivity contribution < 1.29 is 4.79 Å². The molecule has 0 spiro atoms. The summed E-state index contributed by atoms with van der Waals surface area (Å²) in [5, 5.41) is 10.1. The lowest BCUT2D eigenvalue weighted by Crippen LogP contribution is -2.18. The molecule has 1 aromatic carbocycles. The molecule has 0 aliphatic heterocycles. The van der Waals surface area contributed by atoms with Crippen LogP contribution in [0, 0.1) is 11.3 Å². The van der Waals surface area contributed by atoms with Crippen molar-refractivity contribution in [2.45, 2.75) is 38.1 Å². The lowest BCUT2D eigenvalue weighted by atomic mass is 9.94. The van der Waals surface area contributed by atoms with Crippen LogP contribution in [0.5, 0.6) is 0 Å². The molecule has 19 heavy (non-hydrogen) atoms. The largest absolute Gasteiger partial charge is 0.344 e. The van der Waals surface area contributed by atoms with E-state index < -0.39 is 0 Å². The predicted octanol–water partition coefficient (Wildman–Crippen LogP) is 3.39. The minimum atomic E-state index is 0.263. The van der Waals surface area contributed by atoms with Gasteiger partial charge >= 0.3 is 0 Å². The number of ketones is 1. The summed E-state index contributed by atoms with van der Waals surface area (Å²) < 4.78 is 2.21. The van der Waals surface area contributed by atoms with Crippen molar-refractivity contribution >= 4 is 16.7 Å². The fourth-order valence-electron chi connectivity index (χ4n) is 3.04. The molecule has 1 saturated carbocycles. The van der Waals surface area contributed by atoms with Gasteiger partial charge in [0.2, 0.25) is 0 Å². The molecule has 3 nitrogen and oxygen atoms in total. The van der Waals surface area contributed by atoms with E-state index in [4.69, 9.17) is 5.26 Å². The Morgan fingerprint density at radius 3 is 3.00 bits per heavy atom. The van der Waals surface area contributed by atoms with Crippen LogP contribution in [0.1, 0.15) is 37.3 Å². The van der Waals surface area contributed by atoms with E-state index in [2.05, 4.69) is 29.0 Å². The molecule has 0 bridgehead atoms. The van der Waals surface area contributed by atoms with Crippen LogP contribution in [-0.2, 0) is 11.2 Å². The lowest BCUT2D eigenvalue weighted by Gasteiger charge is -2.23. The van der Waals surface area contributed by atoms with Crippen molar-refractivity contribution in [1.82, 2.24) is 4.57 Å². The number of rotatable bonds is 2. The second kappa shape index (κ2) is 4.89. The van der Waals surface area contributed by atoms with Crippen LogP contribution in [0.2, 0.25) is 0 Å². The normalized spacial score (nSPS) is 19.5. The molecular weight excluding hydrogens is 236 g/mol. The molecule has 1 heterocycles. The van der Waals surface area contributed by atoms with Gasteiger partial charge in [-0.15, -0.1) is 0 Å². The van der Waals surface area contributed by atoms with E-state index in [1.807, 2.05) is 12.1 Å². The van der Waals surface area contributed by atoms with E-state index in [0.29, 0.717) is 18.6 Å². The van der Waals surface area contributed by atoms with Gasteiger partial charge in [0.25, 0.3) is 0 Å².